The first-order valence-electron chi connectivity index (χ1n) is 6.26. The third-order valence-corrected chi connectivity index (χ3v) is 2.88. The minimum atomic E-state index is -0.421. The van der Waals surface area contributed by atoms with Crippen LogP contribution in [-0.2, 0) is 0 Å². The van der Waals surface area contributed by atoms with Crippen LogP contribution in [0.1, 0.15) is 5.56 Å². The highest BCUT2D eigenvalue weighted by Gasteiger charge is 2.12. The van der Waals surface area contributed by atoms with Crippen molar-refractivity contribution in [2.45, 2.75) is 6.92 Å². The number of aromatic hydroxyl groups is 1. The highest BCUT2D eigenvalue weighted by molar-refractivity contribution is 5.77. The molecule has 0 aliphatic rings. The second kappa shape index (κ2) is 5.65. The fourth-order valence-corrected chi connectivity index (χ4v) is 1.78. The van der Waals surface area contributed by atoms with Crippen LogP contribution in [0.2, 0.25) is 0 Å². The molecule has 0 aliphatic heterocycles. The van der Waals surface area contributed by atoms with Crippen molar-refractivity contribution in [1.29, 1.82) is 0 Å². The van der Waals surface area contributed by atoms with Gasteiger partial charge in [-0.1, -0.05) is 24.3 Å². The minimum absolute atomic E-state index is 0.202. The molecule has 0 heterocycles. The molecule has 4 nitrogen and oxygen atoms in total. The fraction of sp³-hybridized carbons (Fsp3) is 0.188. The number of benzene rings is 2. The summed E-state index contributed by atoms with van der Waals surface area (Å²) in [5, 5.41) is 9.34. The average Bonchev–Trinajstić information content (AvgIpc) is 2.40. The lowest BCUT2D eigenvalue weighted by Gasteiger charge is -2.14. The third-order valence-electron chi connectivity index (χ3n) is 2.88. The van der Waals surface area contributed by atoms with Crippen LogP contribution in [0.25, 0.3) is 11.1 Å². The molecule has 0 aromatic heterocycles. The van der Waals surface area contributed by atoms with Gasteiger partial charge in [0.15, 0.2) is 0 Å². The Morgan fingerprint density at radius 1 is 1.10 bits per heavy atom. The number of carbonyl (C=O) groups excluding carboxylic acids is 1. The van der Waals surface area contributed by atoms with E-state index in [1.54, 1.807) is 38.4 Å². The Bertz CT molecular complexity index is 618. The van der Waals surface area contributed by atoms with Gasteiger partial charge in [0.1, 0.15) is 11.5 Å². The number of rotatable bonds is 2. The number of phenolic OH excluding ortho intramolecular Hbond substituents is 1. The first kappa shape index (κ1) is 13.9. The summed E-state index contributed by atoms with van der Waals surface area (Å²) in [7, 11) is 3.27. The highest BCUT2D eigenvalue weighted by Crippen LogP contribution is 2.32. The minimum Gasteiger partial charge on any atom is -0.508 e. The van der Waals surface area contributed by atoms with E-state index >= 15 is 0 Å². The molecular weight excluding hydrogens is 254 g/mol. The van der Waals surface area contributed by atoms with Gasteiger partial charge in [0, 0.05) is 19.7 Å². The Morgan fingerprint density at radius 3 is 2.35 bits per heavy atom. The second-order valence-corrected chi connectivity index (χ2v) is 4.81. The number of ether oxygens (including phenoxy) is 1. The molecule has 20 heavy (non-hydrogen) atoms. The van der Waals surface area contributed by atoms with E-state index in [1.165, 1.54) is 4.90 Å². The Labute approximate surface area is 118 Å². The molecule has 0 spiro atoms. The van der Waals surface area contributed by atoms with Crippen molar-refractivity contribution >= 4 is 6.09 Å². The zero-order chi connectivity index (χ0) is 14.7. The molecule has 2 rings (SSSR count). The van der Waals surface area contributed by atoms with Crippen molar-refractivity contribution in [3.8, 4) is 22.6 Å². The van der Waals surface area contributed by atoms with E-state index in [2.05, 4.69) is 0 Å². The van der Waals surface area contributed by atoms with Gasteiger partial charge in [-0.15, -0.1) is 0 Å². The van der Waals surface area contributed by atoms with E-state index in [-0.39, 0.29) is 5.75 Å². The molecule has 0 fully saturated rings. The predicted octanol–water partition coefficient (Wildman–Crippen LogP) is 3.43. The summed E-state index contributed by atoms with van der Waals surface area (Å²) in [6, 6.07) is 12.5. The van der Waals surface area contributed by atoms with E-state index in [1.807, 2.05) is 25.1 Å². The highest BCUT2D eigenvalue weighted by atomic mass is 16.6. The predicted molar refractivity (Wildman–Crippen MR) is 78.0 cm³/mol. The molecule has 1 N–H and O–H groups in total. The number of amides is 1. The first-order chi connectivity index (χ1) is 9.47. The molecule has 0 aliphatic carbocycles. The maximum Gasteiger partial charge on any atom is 0.414 e. The van der Waals surface area contributed by atoms with Crippen LogP contribution in [0.15, 0.2) is 42.5 Å². The maximum absolute atomic E-state index is 11.7. The average molecular weight is 271 g/mol. The number of aryl methyl sites for hydroxylation is 1. The molecule has 104 valence electrons. The van der Waals surface area contributed by atoms with Crippen molar-refractivity contribution < 1.29 is 14.6 Å². The van der Waals surface area contributed by atoms with Gasteiger partial charge in [0.05, 0.1) is 0 Å². The molecule has 0 radical (unpaired) electrons. The van der Waals surface area contributed by atoms with Crippen molar-refractivity contribution in [3.63, 3.8) is 0 Å². The fourth-order valence-electron chi connectivity index (χ4n) is 1.78. The molecule has 0 saturated carbocycles. The number of hydrogen-bond donors (Lipinski definition) is 1. The van der Waals surface area contributed by atoms with E-state index in [0.29, 0.717) is 5.75 Å². The van der Waals surface area contributed by atoms with Gasteiger partial charge >= 0.3 is 6.09 Å². The van der Waals surface area contributed by atoms with Crippen LogP contribution in [0.4, 0.5) is 4.79 Å². The Morgan fingerprint density at radius 2 is 1.75 bits per heavy atom. The number of nitrogens with zero attached hydrogens (tertiary/aromatic N) is 1. The van der Waals surface area contributed by atoms with Gasteiger partial charge < -0.3 is 14.7 Å². The van der Waals surface area contributed by atoms with Crippen molar-refractivity contribution in [1.82, 2.24) is 4.90 Å². The standard InChI is InChI=1S/C16H17NO3/c1-11-4-9-14(12-5-7-13(18)8-6-12)15(10-11)20-16(19)17(2)3/h4-10,18H,1-3H3. The van der Waals surface area contributed by atoms with Crippen LogP contribution >= 0.6 is 0 Å². The normalized spacial score (nSPS) is 10.2. The monoisotopic (exact) mass is 271 g/mol. The molecule has 2 aromatic carbocycles. The van der Waals surface area contributed by atoms with Crippen LogP contribution in [0.3, 0.4) is 0 Å². The molecule has 1 amide bonds. The largest absolute Gasteiger partial charge is 0.508 e. The van der Waals surface area contributed by atoms with E-state index in [4.69, 9.17) is 4.74 Å². The molecule has 2 aromatic rings. The van der Waals surface area contributed by atoms with Gasteiger partial charge in [0.25, 0.3) is 0 Å². The van der Waals surface area contributed by atoms with E-state index in [0.717, 1.165) is 16.7 Å². The number of carbonyl (C=O) groups is 1. The summed E-state index contributed by atoms with van der Waals surface area (Å²) in [6.07, 6.45) is -0.421. The van der Waals surface area contributed by atoms with Gasteiger partial charge in [-0.3, -0.25) is 0 Å². The van der Waals surface area contributed by atoms with Gasteiger partial charge in [-0.2, -0.15) is 0 Å². The SMILES string of the molecule is Cc1ccc(-c2ccc(O)cc2)c(OC(=O)N(C)C)c1. The Balaban J connectivity index is 2.42. The lowest BCUT2D eigenvalue weighted by Crippen LogP contribution is -2.25. The number of phenols is 1. The molecule has 0 atom stereocenters. The smallest absolute Gasteiger partial charge is 0.414 e. The van der Waals surface area contributed by atoms with Crippen LogP contribution in [0.5, 0.6) is 11.5 Å². The Hall–Kier alpha value is -2.49. The van der Waals surface area contributed by atoms with Crippen molar-refractivity contribution in [3.05, 3.63) is 48.0 Å². The zero-order valence-electron chi connectivity index (χ0n) is 11.8. The summed E-state index contributed by atoms with van der Waals surface area (Å²) in [4.78, 5) is 13.1. The summed E-state index contributed by atoms with van der Waals surface area (Å²) < 4.78 is 5.40. The lowest BCUT2D eigenvalue weighted by atomic mass is 10.0. The van der Waals surface area contributed by atoms with Crippen LogP contribution < -0.4 is 4.74 Å². The quantitative estimate of drug-likeness (QED) is 0.910. The van der Waals surface area contributed by atoms with Gasteiger partial charge in [-0.05, 0) is 36.2 Å². The van der Waals surface area contributed by atoms with Gasteiger partial charge in [0.2, 0.25) is 0 Å². The second-order valence-electron chi connectivity index (χ2n) is 4.81. The molecular formula is C16H17NO3. The molecule has 4 heteroatoms. The van der Waals surface area contributed by atoms with Crippen LogP contribution in [-0.4, -0.2) is 30.2 Å². The van der Waals surface area contributed by atoms with E-state index in [9.17, 15) is 9.90 Å². The first-order valence-corrected chi connectivity index (χ1v) is 6.26. The van der Waals surface area contributed by atoms with Gasteiger partial charge in [-0.25, -0.2) is 4.79 Å². The summed E-state index contributed by atoms with van der Waals surface area (Å²) in [5.41, 5.74) is 2.70. The summed E-state index contributed by atoms with van der Waals surface area (Å²) in [5.74, 6) is 0.710. The van der Waals surface area contributed by atoms with Crippen molar-refractivity contribution in [2.24, 2.45) is 0 Å². The molecule has 0 unspecified atom stereocenters. The van der Waals surface area contributed by atoms with Crippen molar-refractivity contribution in [2.75, 3.05) is 14.1 Å². The molecule has 0 saturated heterocycles. The Kier molecular flexibility index (Phi) is 3.94. The summed E-state index contributed by atoms with van der Waals surface area (Å²) in [6.45, 7) is 1.94. The summed E-state index contributed by atoms with van der Waals surface area (Å²) >= 11 is 0. The third kappa shape index (κ3) is 3.09. The topological polar surface area (TPSA) is 49.8 Å². The maximum atomic E-state index is 11.7. The lowest BCUT2D eigenvalue weighted by molar-refractivity contribution is 0.172. The van der Waals surface area contributed by atoms with E-state index < -0.39 is 6.09 Å². The number of hydrogen-bond acceptors (Lipinski definition) is 3. The molecule has 0 bridgehead atoms. The van der Waals surface area contributed by atoms with Crippen LogP contribution in [0, 0.1) is 6.92 Å². The zero-order valence-corrected chi connectivity index (χ0v) is 11.8.